The van der Waals surface area contributed by atoms with Crippen LogP contribution in [0.4, 0.5) is 0 Å². The van der Waals surface area contributed by atoms with Crippen LogP contribution in [-0.4, -0.2) is 17.6 Å². The molecule has 17 heavy (non-hydrogen) atoms. The monoisotopic (exact) mass is 310 g/mol. The van der Waals surface area contributed by atoms with Gasteiger partial charge in [-0.25, -0.2) is 0 Å². The van der Waals surface area contributed by atoms with Crippen molar-refractivity contribution in [1.29, 1.82) is 0 Å². The van der Waals surface area contributed by atoms with Crippen LogP contribution < -0.4 is 0 Å². The van der Waals surface area contributed by atoms with E-state index in [0.717, 1.165) is 4.09 Å². The Labute approximate surface area is 113 Å². The molecule has 1 aromatic carbocycles. The summed E-state index contributed by atoms with van der Waals surface area (Å²) in [5.41, 5.74) is 0. The largest absolute Gasteiger partial charge is 0.284 e. The Bertz CT molecular complexity index is 653. The highest BCUT2D eigenvalue weighted by Gasteiger charge is 2.23. The molecular weight excluding hydrogens is 307 g/mol. The molecule has 0 atom stereocenters. The quantitative estimate of drug-likeness (QED) is 0.801. The van der Waals surface area contributed by atoms with Crippen LogP contribution in [0.1, 0.15) is 0 Å². The Morgan fingerprint density at radius 1 is 1.12 bits per heavy atom. The molecule has 0 fully saturated rings. The summed E-state index contributed by atoms with van der Waals surface area (Å²) in [5, 5.41) is 3.73. The molecule has 0 N–H and O–H groups in total. The second-order valence-corrected chi connectivity index (χ2v) is 5.98. The van der Waals surface area contributed by atoms with Gasteiger partial charge in [0.2, 0.25) is 0 Å². The fraction of sp³-hybridized carbons (Fsp3) is 0. The Balaban J connectivity index is 2.67. The van der Waals surface area contributed by atoms with Gasteiger partial charge in [-0.15, -0.1) is 0 Å². The van der Waals surface area contributed by atoms with E-state index in [1.165, 1.54) is 30.6 Å². The van der Waals surface area contributed by atoms with Crippen LogP contribution >= 0.6 is 34.8 Å². The molecule has 0 saturated heterocycles. The third kappa shape index (κ3) is 2.15. The number of hydrogen-bond donors (Lipinski definition) is 0. The first-order chi connectivity index (χ1) is 7.94. The minimum absolute atomic E-state index is 0.00145. The van der Waals surface area contributed by atoms with Crippen molar-refractivity contribution in [2.24, 2.45) is 0 Å². The second kappa shape index (κ2) is 4.49. The molecule has 2 aromatic rings. The zero-order valence-electron chi connectivity index (χ0n) is 8.14. The van der Waals surface area contributed by atoms with Crippen molar-refractivity contribution >= 4 is 44.8 Å². The summed E-state index contributed by atoms with van der Waals surface area (Å²) in [7, 11) is -3.84. The Morgan fingerprint density at radius 3 is 2.41 bits per heavy atom. The zero-order valence-corrected chi connectivity index (χ0v) is 11.2. The Kier molecular flexibility index (Phi) is 3.36. The summed E-state index contributed by atoms with van der Waals surface area (Å²) in [5.74, 6) is 0. The minimum atomic E-state index is -3.84. The van der Waals surface area contributed by atoms with Crippen LogP contribution in [-0.2, 0) is 10.0 Å². The lowest BCUT2D eigenvalue weighted by Crippen LogP contribution is -2.14. The van der Waals surface area contributed by atoms with Crippen LogP contribution in [0, 0.1) is 0 Å². The number of rotatable bonds is 2. The molecule has 0 spiro atoms. The van der Waals surface area contributed by atoms with Gasteiger partial charge in [-0.2, -0.15) is 17.6 Å². The van der Waals surface area contributed by atoms with Gasteiger partial charge in [0.25, 0.3) is 10.0 Å². The molecule has 0 radical (unpaired) electrons. The van der Waals surface area contributed by atoms with Crippen LogP contribution in [0.3, 0.4) is 0 Å². The average molecular weight is 312 g/mol. The maximum atomic E-state index is 12.1. The highest BCUT2D eigenvalue weighted by molar-refractivity contribution is 7.90. The number of aromatic nitrogens is 2. The fourth-order valence-electron chi connectivity index (χ4n) is 1.21. The lowest BCUT2D eigenvalue weighted by molar-refractivity contribution is 0.580. The molecule has 1 heterocycles. The molecule has 0 saturated carbocycles. The van der Waals surface area contributed by atoms with Crippen molar-refractivity contribution in [3.05, 3.63) is 45.7 Å². The number of nitrogens with zero attached hydrogens (tertiary/aromatic N) is 2. The molecular formula is C9H5Cl3N2O2S. The van der Waals surface area contributed by atoms with Gasteiger partial charge in [0.05, 0.1) is 21.3 Å². The number of hydrogen-bond acceptors (Lipinski definition) is 3. The summed E-state index contributed by atoms with van der Waals surface area (Å²) < 4.78 is 25.0. The van der Waals surface area contributed by atoms with Gasteiger partial charge in [0, 0.05) is 6.20 Å². The van der Waals surface area contributed by atoms with E-state index in [-0.39, 0.29) is 20.0 Å². The number of halogens is 3. The van der Waals surface area contributed by atoms with E-state index in [0.29, 0.717) is 0 Å². The Hall–Kier alpha value is -0.750. The van der Waals surface area contributed by atoms with Crippen molar-refractivity contribution in [3.63, 3.8) is 0 Å². The van der Waals surface area contributed by atoms with Crippen molar-refractivity contribution in [3.8, 4) is 0 Å². The normalized spacial score (nSPS) is 11.7. The standard InChI is InChI=1S/C9H5Cl3N2O2S/c10-6-2-3-7(9(12)8(6)11)17(15,16)14-5-1-4-13-14/h1-5H. The lowest BCUT2D eigenvalue weighted by atomic mass is 10.4. The van der Waals surface area contributed by atoms with Gasteiger partial charge in [-0.1, -0.05) is 34.8 Å². The molecule has 0 amide bonds. The first-order valence-corrected chi connectivity index (χ1v) is 6.90. The van der Waals surface area contributed by atoms with E-state index in [1.807, 2.05) is 0 Å². The van der Waals surface area contributed by atoms with E-state index in [1.54, 1.807) is 0 Å². The topological polar surface area (TPSA) is 52.0 Å². The van der Waals surface area contributed by atoms with Gasteiger partial charge in [0.1, 0.15) is 4.90 Å². The molecule has 0 aliphatic heterocycles. The van der Waals surface area contributed by atoms with Crippen molar-refractivity contribution in [2.45, 2.75) is 4.90 Å². The van der Waals surface area contributed by atoms with Gasteiger partial charge >= 0.3 is 0 Å². The SMILES string of the molecule is O=S(=O)(c1ccc(Cl)c(Cl)c1Cl)n1cccn1. The van der Waals surface area contributed by atoms with Crippen molar-refractivity contribution < 1.29 is 8.42 Å². The van der Waals surface area contributed by atoms with Crippen LogP contribution in [0.25, 0.3) is 0 Å². The summed E-state index contributed by atoms with van der Waals surface area (Å²) in [4.78, 5) is -0.141. The van der Waals surface area contributed by atoms with E-state index < -0.39 is 10.0 Å². The van der Waals surface area contributed by atoms with Crippen molar-refractivity contribution in [2.75, 3.05) is 0 Å². The molecule has 0 aliphatic rings. The van der Waals surface area contributed by atoms with Crippen LogP contribution in [0.15, 0.2) is 35.5 Å². The predicted molar refractivity (Wildman–Crippen MR) is 66.3 cm³/mol. The molecule has 2 rings (SSSR count). The molecule has 8 heteroatoms. The summed E-state index contributed by atoms with van der Waals surface area (Å²) >= 11 is 17.4. The molecule has 0 unspecified atom stereocenters. The highest BCUT2D eigenvalue weighted by Crippen LogP contribution is 2.35. The maximum absolute atomic E-state index is 12.1. The molecule has 1 aromatic heterocycles. The van der Waals surface area contributed by atoms with Gasteiger partial charge in [-0.05, 0) is 18.2 Å². The first kappa shape index (κ1) is 12.7. The second-order valence-electron chi connectivity index (χ2n) is 3.06. The van der Waals surface area contributed by atoms with Gasteiger partial charge in [-0.3, -0.25) is 0 Å². The van der Waals surface area contributed by atoms with Gasteiger partial charge < -0.3 is 0 Å². The number of benzene rings is 1. The minimum Gasteiger partial charge on any atom is -0.199 e. The van der Waals surface area contributed by atoms with E-state index in [9.17, 15) is 8.42 Å². The first-order valence-electron chi connectivity index (χ1n) is 4.33. The highest BCUT2D eigenvalue weighted by atomic mass is 35.5. The fourth-order valence-corrected chi connectivity index (χ4v) is 3.27. The van der Waals surface area contributed by atoms with E-state index >= 15 is 0 Å². The molecule has 0 aliphatic carbocycles. The van der Waals surface area contributed by atoms with Crippen LogP contribution in [0.2, 0.25) is 15.1 Å². The van der Waals surface area contributed by atoms with E-state index in [2.05, 4.69) is 5.10 Å². The predicted octanol–water partition coefficient (Wildman–Crippen LogP) is 3.08. The van der Waals surface area contributed by atoms with Gasteiger partial charge in [0.15, 0.2) is 0 Å². The lowest BCUT2D eigenvalue weighted by Gasteiger charge is -2.08. The Morgan fingerprint density at radius 2 is 1.82 bits per heavy atom. The third-order valence-electron chi connectivity index (χ3n) is 2.00. The average Bonchev–Trinajstić information content (AvgIpc) is 2.79. The summed E-state index contributed by atoms with van der Waals surface area (Å²) in [6, 6.07) is 4.14. The zero-order chi connectivity index (χ0) is 12.6. The van der Waals surface area contributed by atoms with Crippen molar-refractivity contribution in [1.82, 2.24) is 9.19 Å². The summed E-state index contributed by atoms with van der Waals surface area (Å²) in [6.07, 6.45) is 2.65. The maximum Gasteiger partial charge on any atom is 0.284 e. The van der Waals surface area contributed by atoms with E-state index in [4.69, 9.17) is 34.8 Å². The molecule has 90 valence electrons. The molecule has 4 nitrogen and oxygen atoms in total. The summed E-state index contributed by atoms with van der Waals surface area (Å²) in [6.45, 7) is 0. The molecule has 0 bridgehead atoms. The van der Waals surface area contributed by atoms with Crippen LogP contribution in [0.5, 0.6) is 0 Å². The smallest absolute Gasteiger partial charge is 0.199 e. The third-order valence-corrected chi connectivity index (χ3v) is 5.01.